The van der Waals surface area contributed by atoms with E-state index in [1.807, 2.05) is 18.2 Å². The molecule has 0 N–H and O–H groups in total. The van der Waals surface area contributed by atoms with Crippen LogP contribution in [0.2, 0.25) is 0 Å². The van der Waals surface area contributed by atoms with Crippen LogP contribution in [0.5, 0.6) is 0 Å². The molecule has 1 aromatic heterocycles. The van der Waals surface area contributed by atoms with E-state index in [4.69, 9.17) is 4.52 Å². The summed E-state index contributed by atoms with van der Waals surface area (Å²) in [5, 5.41) is 5.25. The summed E-state index contributed by atoms with van der Waals surface area (Å²) < 4.78 is 6.38. The number of aryl methyl sites for hydroxylation is 2. The normalized spacial score (nSPS) is 10.9. The van der Waals surface area contributed by atoms with Crippen molar-refractivity contribution in [3.05, 3.63) is 64.3 Å². The molecule has 0 spiro atoms. The van der Waals surface area contributed by atoms with E-state index >= 15 is 0 Å². The predicted molar refractivity (Wildman–Crippen MR) is 75.6 cm³/mol. The molecule has 3 rings (SSSR count). The summed E-state index contributed by atoms with van der Waals surface area (Å²) in [4.78, 5) is 0. The Labute approximate surface area is 114 Å². The van der Waals surface area contributed by atoms with Crippen molar-refractivity contribution in [2.45, 2.75) is 12.8 Å². The van der Waals surface area contributed by atoms with Gasteiger partial charge in [0, 0.05) is 9.86 Å². The van der Waals surface area contributed by atoms with E-state index in [9.17, 15) is 0 Å². The third-order valence-electron chi connectivity index (χ3n) is 3.00. The maximum Gasteiger partial charge on any atom is 0.167 e. The summed E-state index contributed by atoms with van der Waals surface area (Å²) in [6.07, 6.45) is 1.88. The van der Waals surface area contributed by atoms with Crippen LogP contribution < -0.4 is 0 Å². The summed E-state index contributed by atoms with van der Waals surface area (Å²) in [6, 6.07) is 16.4. The molecular weight excluding hydrogens is 290 g/mol. The summed E-state index contributed by atoms with van der Waals surface area (Å²) in [5.41, 5.74) is 3.19. The molecule has 0 radical (unpaired) electrons. The van der Waals surface area contributed by atoms with Crippen LogP contribution >= 0.6 is 15.9 Å². The smallest absolute Gasteiger partial charge is 0.167 e. The molecule has 0 aliphatic rings. The number of hydrogen-bond acceptors (Lipinski definition) is 2. The molecule has 1 heterocycles. The standard InChI is InChI=1S/C15H12BrNO/c16-12-7-9-15-13(10-12)14(17-18-15)8-6-11-4-2-1-3-5-11/h1-5,7,9-10H,6,8H2. The molecule has 0 atom stereocenters. The van der Waals surface area contributed by atoms with Crippen molar-refractivity contribution in [1.82, 2.24) is 5.16 Å². The molecule has 90 valence electrons. The number of nitrogens with zero attached hydrogens (tertiary/aromatic N) is 1. The van der Waals surface area contributed by atoms with Crippen molar-refractivity contribution in [2.75, 3.05) is 0 Å². The van der Waals surface area contributed by atoms with Crippen LogP contribution in [0.1, 0.15) is 11.3 Å². The third-order valence-corrected chi connectivity index (χ3v) is 3.49. The zero-order valence-corrected chi connectivity index (χ0v) is 11.4. The average molecular weight is 302 g/mol. The van der Waals surface area contributed by atoms with Gasteiger partial charge in [-0.25, -0.2) is 0 Å². The highest BCUT2D eigenvalue weighted by Gasteiger charge is 2.08. The maximum absolute atomic E-state index is 5.32. The van der Waals surface area contributed by atoms with Gasteiger partial charge in [0.1, 0.15) is 0 Å². The van der Waals surface area contributed by atoms with Crippen LogP contribution in [0.25, 0.3) is 11.0 Å². The number of benzene rings is 2. The average Bonchev–Trinajstić information content (AvgIpc) is 2.80. The molecule has 3 aromatic rings. The summed E-state index contributed by atoms with van der Waals surface area (Å²) >= 11 is 3.48. The summed E-state index contributed by atoms with van der Waals surface area (Å²) in [6.45, 7) is 0. The number of hydrogen-bond donors (Lipinski definition) is 0. The Morgan fingerprint density at radius 2 is 1.83 bits per heavy atom. The number of halogens is 1. The van der Waals surface area contributed by atoms with Crippen LogP contribution in [0.4, 0.5) is 0 Å². The van der Waals surface area contributed by atoms with E-state index in [0.29, 0.717) is 0 Å². The van der Waals surface area contributed by atoms with Gasteiger partial charge in [0.05, 0.1) is 5.69 Å². The molecule has 2 aromatic carbocycles. The Kier molecular flexibility index (Phi) is 3.15. The SMILES string of the molecule is Brc1ccc2onc(CCc3ccccc3)c2c1. The summed E-state index contributed by atoms with van der Waals surface area (Å²) in [7, 11) is 0. The second kappa shape index (κ2) is 4.94. The molecule has 18 heavy (non-hydrogen) atoms. The van der Waals surface area contributed by atoms with Gasteiger partial charge in [0.2, 0.25) is 0 Å². The van der Waals surface area contributed by atoms with E-state index in [1.165, 1.54) is 5.56 Å². The molecule has 0 aliphatic carbocycles. The lowest BCUT2D eigenvalue weighted by atomic mass is 10.1. The third kappa shape index (κ3) is 2.31. The molecule has 0 aliphatic heterocycles. The van der Waals surface area contributed by atoms with Crippen molar-refractivity contribution in [1.29, 1.82) is 0 Å². The molecule has 0 bridgehead atoms. The first-order valence-corrected chi connectivity index (χ1v) is 6.70. The lowest BCUT2D eigenvalue weighted by molar-refractivity contribution is 0.446. The van der Waals surface area contributed by atoms with Crippen LogP contribution in [-0.2, 0) is 12.8 Å². The Morgan fingerprint density at radius 3 is 2.67 bits per heavy atom. The van der Waals surface area contributed by atoms with Crippen molar-refractivity contribution in [3.8, 4) is 0 Å². The van der Waals surface area contributed by atoms with Gasteiger partial charge in [-0.3, -0.25) is 0 Å². The van der Waals surface area contributed by atoms with E-state index in [0.717, 1.165) is 34.0 Å². The zero-order chi connectivity index (χ0) is 12.4. The molecule has 0 saturated carbocycles. The number of aromatic nitrogens is 1. The minimum Gasteiger partial charge on any atom is -0.356 e. The first kappa shape index (κ1) is 11.5. The quantitative estimate of drug-likeness (QED) is 0.718. The first-order valence-electron chi connectivity index (χ1n) is 5.91. The molecule has 0 fully saturated rings. The minimum atomic E-state index is 0.848. The molecule has 0 amide bonds. The van der Waals surface area contributed by atoms with Gasteiger partial charge in [-0.2, -0.15) is 0 Å². The predicted octanol–water partition coefficient (Wildman–Crippen LogP) is 4.38. The molecule has 0 saturated heterocycles. The van der Waals surface area contributed by atoms with E-state index in [2.05, 4.69) is 51.4 Å². The molecule has 2 nitrogen and oxygen atoms in total. The molecule has 0 unspecified atom stereocenters. The fraction of sp³-hybridized carbons (Fsp3) is 0.133. The van der Waals surface area contributed by atoms with Crippen LogP contribution in [0.3, 0.4) is 0 Å². The molecular formula is C15H12BrNO. The highest BCUT2D eigenvalue weighted by molar-refractivity contribution is 9.10. The Bertz CT molecular complexity index is 661. The van der Waals surface area contributed by atoms with Crippen LogP contribution in [-0.4, -0.2) is 5.16 Å². The fourth-order valence-corrected chi connectivity index (χ4v) is 2.41. The van der Waals surface area contributed by atoms with Crippen molar-refractivity contribution in [3.63, 3.8) is 0 Å². The van der Waals surface area contributed by atoms with Gasteiger partial charge in [-0.05, 0) is 36.6 Å². The van der Waals surface area contributed by atoms with E-state index in [-0.39, 0.29) is 0 Å². The van der Waals surface area contributed by atoms with E-state index < -0.39 is 0 Å². The zero-order valence-electron chi connectivity index (χ0n) is 9.77. The first-order chi connectivity index (χ1) is 8.83. The van der Waals surface area contributed by atoms with Crippen LogP contribution in [0, 0.1) is 0 Å². The Hall–Kier alpha value is -1.61. The van der Waals surface area contributed by atoms with Crippen LogP contribution in [0.15, 0.2) is 57.5 Å². The van der Waals surface area contributed by atoms with Crippen molar-refractivity contribution < 1.29 is 4.52 Å². The fourth-order valence-electron chi connectivity index (χ4n) is 2.05. The highest BCUT2D eigenvalue weighted by Crippen LogP contribution is 2.23. The lowest BCUT2D eigenvalue weighted by Crippen LogP contribution is -1.91. The lowest BCUT2D eigenvalue weighted by Gasteiger charge is -1.98. The van der Waals surface area contributed by atoms with Gasteiger partial charge >= 0.3 is 0 Å². The van der Waals surface area contributed by atoms with Gasteiger partial charge in [-0.15, -0.1) is 0 Å². The van der Waals surface area contributed by atoms with Gasteiger partial charge in [-0.1, -0.05) is 51.4 Å². The summed E-state index contributed by atoms with van der Waals surface area (Å²) in [5.74, 6) is 0. The monoisotopic (exact) mass is 301 g/mol. The topological polar surface area (TPSA) is 26.0 Å². The van der Waals surface area contributed by atoms with Gasteiger partial charge in [0.15, 0.2) is 5.58 Å². The minimum absolute atomic E-state index is 0.848. The van der Waals surface area contributed by atoms with Crippen molar-refractivity contribution >= 4 is 26.9 Å². The number of fused-ring (bicyclic) bond motifs is 1. The Morgan fingerprint density at radius 1 is 1.00 bits per heavy atom. The second-order valence-electron chi connectivity index (χ2n) is 4.26. The second-order valence-corrected chi connectivity index (χ2v) is 5.17. The highest BCUT2D eigenvalue weighted by atomic mass is 79.9. The maximum atomic E-state index is 5.32. The Balaban J connectivity index is 1.85. The molecule has 3 heteroatoms. The van der Waals surface area contributed by atoms with Crippen molar-refractivity contribution in [2.24, 2.45) is 0 Å². The largest absolute Gasteiger partial charge is 0.356 e. The van der Waals surface area contributed by atoms with E-state index in [1.54, 1.807) is 0 Å². The van der Waals surface area contributed by atoms with Gasteiger partial charge in [0.25, 0.3) is 0 Å². The van der Waals surface area contributed by atoms with Gasteiger partial charge < -0.3 is 4.52 Å². The number of rotatable bonds is 3.